The molecule has 0 fully saturated rings. The number of carbonyl (C=O) groups excluding carboxylic acids is 1. The van der Waals surface area contributed by atoms with E-state index >= 15 is 0 Å². The largest absolute Gasteiger partial charge is 0.454 e. The van der Waals surface area contributed by atoms with E-state index in [9.17, 15) is 4.79 Å². The quantitative estimate of drug-likeness (QED) is 0.658. The summed E-state index contributed by atoms with van der Waals surface area (Å²) in [5, 5.41) is 2.89. The molecule has 9 nitrogen and oxygen atoms in total. The molecule has 1 aliphatic heterocycles. The highest BCUT2D eigenvalue weighted by Crippen LogP contribution is 2.34. The lowest BCUT2D eigenvalue weighted by Gasteiger charge is -2.19. The maximum absolute atomic E-state index is 12.3. The Labute approximate surface area is 168 Å². The molecule has 0 saturated carbocycles. The van der Waals surface area contributed by atoms with Crippen molar-refractivity contribution in [3.8, 4) is 17.4 Å². The fourth-order valence-electron chi connectivity index (χ4n) is 3.01. The van der Waals surface area contributed by atoms with Gasteiger partial charge in [0.25, 0.3) is 0 Å². The van der Waals surface area contributed by atoms with E-state index in [1.54, 1.807) is 41.5 Å². The monoisotopic (exact) mass is 394 g/mol. The van der Waals surface area contributed by atoms with Gasteiger partial charge in [0.2, 0.25) is 18.6 Å². The van der Waals surface area contributed by atoms with Crippen LogP contribution in [0.5, 0.6) is 11.5 Å². The molecule has 1 amide bonds. The number of rotatable bonds is 7. The third kappa shape index (κ3) is 4.45. The predicted octanol–water partition coefficient (Wildman–Crippen LogP) is 2.55. The van der Waals surface area contributed by atoms with Crippen LogP contribution in [-0.4, -0.2) is 45.8 Å². The van der Waals surface area contributed by atoms with Crippen LogP contribution in [-0.2, 0) is 4.79 Å². The van der Waals surface area contributed by atoms with Crippen LogP contribution >= 0.6 is 0 Å². The lowest BCUT2D eigenvalue weighted by molar-refractivity contribution is -0.116. The Kier molecular flexibility index (Phi) is 5.28. The molecule has 1 N–H and O–H groups in total. The molecule has 9 heteroatoms. The Morgan fingerprint density at radius 3 is 2.93 bits per heavy atom. The van der Waals surface area contributed by atoms with Crippen molar-refractivity contribution in [2.75, 3.05) is 30.6 Å². The van der Waals surface area contributed by atoms with E-state index < -0.39 is 0 Å². The fraction of sp³-hybridized carbons (Fsp3) is 0.300. The van der Waals surface area contributed by atoms with Crippen LogP contribution in [0.15, 0.2) is 43.0 Å². The predicted molar refractivity (Wildman–Crippen MR) is 108 cm³/mol. The molecule has 0 bridgehead atoms. The summed E-state index contributed by atoms with van der Waals surface area (Å²) in [5.74, 6) is 2.67. The number of fused-ring (bicyclic) bond motifs is 1. The van der Waals surface area contributed by atoms with Gasteiger partial charge in [-0.25, -0.2) is 9.97 Å². The van der Waals surface area contributed by atoms with Crippen molar-refractivity contribution in [1.29, 1.82) is 0 Å². The van der Waals surface area contributed by atoms with Gasteiger partial charge in [-0.1, -0.05) is 0 Å². The van der Waals surface area contributed by atoms with Gasteiger partial charge >= 0.3 is 0 Å². The van der Waals surface area contributed by atoms with Gasteiger partial charge in [0.05, 0.1) is 0 Å². The topological polar surface area (TPSA) is 94.4 Å². The molecule has 150 valence electrons. The molecule has 0 radical (unpaired) electrons. The number of imidazole rings is 1. The van der Waals surface area contributed by atoms with E-state index in [4.69, 9.17) is 9.47 Å². The van der Waals surface area contributed by atoms with Gasteiger partial charge in [-0.15, -0.1) is 0 Å². The zero-order valence-corrected chi connectivity index (χ0v) is 16.3. The Hall–Kier alpha value is -3.62. The summed E-state index contributed by atoms with van der Waals surface area (Å²) in [6.07, 6.45) is 6.25. The summed E-state index contributed by atoms with van der Waals surface area (Å²) in [5.41, 5.74) is 1.56. The summed E-state index contributed by atoms with van der Waals surface area (Å²) in [6, 6.07) is 7.29. The first-order valence-corrected chi connectivity index (χ1v) is 9.33. The Morgan fingerprint density at radius 1 is 1.24 bits per heavy atom. The maximum Gasteiger partial charge on any atom is 0.237 e. The molecule has 0 aliphatic carbocycles. The number of nitrogens with one attached hydrogen (secondary N) is 1. The standard InChI is InChI=1S/C20H22N6O3/c1-14-10-18(24-20(22-14)26-9-7-21-12-26)25(2)8-3-4-19(27)23-15-5-6-16-17(11-15)29-13-28-16/h5-7,9-12H,3-4,8,13H2,1-2H3,(H,23,27). The minimum Gasteiger partial charge on any atom is -0.454 e. The molecule has 2 aromatic heterocycles. The number of anilines is 2. The SMILES string of the molecule is Cc1cc(N(C)CCCC(=O)Nc2ccc3c(c2)OCO3)nc(-n2ccnc2)n1. The third-order valence-corrected chi connectivity index (χ3v) is 4.51. The van der Waals surface area contributed by atoms with Gasteiger partial charge in [0.15, 0.2) is 11.5 Å². The molecular formula is C20H22N6O3. The summed E-state index contributed by atoms with van der Waals surface area (Å²) in [4.78, 5) is 27.3. The van der Waals surface area contributed by atoms with Crippen LogP contribution in [0, 0.1) is 6.92 Å². The van der Waals surface area contributed by atoms with E-state index in [-0.39, 0.29) is 12.7 Å². The molecular weight excluding hydrogens is 372 g/mol. The van der Waals surface area contributed by atoms with E-state index in [0.29, 0.717) is 42.5 Å². The van der Waals surface area contributed by atoms with Crippen molar-refractivity contribution < 1.29 is 14.3 Å². The average molecular weight is 394 g/mol. The molecule has 4 rings (SSSR count). The van der Waals surface area contributed by atoms with Crippen LogP contribution in [0.25, 0.3) is 5.95 Å². The summed E-state index contributed by atoms with van der Waals surface area (Å²) in [7, 11) is 1.95. The average Bonchev–Trinajstić information content (AvgIpc) is 3.39. The number of aryl methyl sites for hydroxylation is 1. The summed E-state index contributed by atoms with van der Waals surface area (Å²) in [6.45, 7) is 2.83. The number of nitrogens with zero attached hydrogens (tertiary/aromatic N) is 5. The minimum atomic E-state index is -0.0461. The molecule has 0 saturated heterocycles. The van der Waals surface area contributed by atoms with Crippen LogP contribution in [0.2, 0.25) is 0 Å². The van der Waals surface area contributed by atoms with Crippen LogP contribution in [0.1, 0.15) is 18.5 Å². The number of hydrogen-bond donors (Lipinski definition) is 1. The lowest BCUT2D eigenvalue weighted by atomic mass is 10.2. The number of aromatic nitrogens is 4. The smallest absolute Gasteiger partial charge is 0.237 e. The van der Waals surface area contributed by atoms with E-state index in [1.807, 2.05) is 24.9 Å². The maximum atomic E-state index is 12.3. The van der Waals surface area contributed by atoms with Crippen molar-refractivity contribution >= 4 is 17.4 Å². The van der Waals surface area contributed by atoms with Crippen molar-refractivity contribution in [2.45, 2.75) is 19.8 Å². The summed E-state index contributed by atoms with van der Waals surface area (Å²) >= 11 is 0. The van der Waals surface area contributed by atoms with E-state index in [2.05, 4.69) is 20.3 Å². The van der Waals surface area contributed by atoms with Crippen LogP contribution in [0.3, 0.4) is 0 Å². The Bertz CT molecular complexity index is 1010. The van der Waals surface area contributed by atoms with Crippen molar-refractivity contribution in [2.24, 2.45) is 0 Å². The number of carbonyl (C=O) groups is 1. The molecule has 1 aromatic carbocycles. The van der Waals surface area contributed by atoms with Gasteiger partial charge < -0.3 is 19.7 Å². The second-order valence-electron chi connectivity index (χ2n) is 6.78. The second kappa shape index (κ2) is 8.17. The highest BCUT2D eigenvalue weighted by atomic mass is 16.7. The number of ether oxygens (including phenoxy) is 2. The van der Waals surface area contributed by atoms with Crippen molar-refractivity contribution in [3.05, 3.63) is 48.7 Å². The molecule has 3 heterocycles. The Morgan fingerprint density at radius 2 is 2.10 bits per heavy atom. The fourth-order valence-corrected chi connectivity index (χ4v) is 3.01. The van der Waals surface area contributed by atoms with Crippen molar-refractivity contribution in [3.63, 3.8) is 0 Å². The highest BCUT2D eigenvalue weighted by molar-refractivity contribution is 5.91. The Balaban J connectivity index is 1.30. The van der Waals surface area contributed by atoms with Gasteiger partial charge in [-0.05, 0) is 25.5 Å². The number of hydrogen-bond acceptors (Lipinski definition) is 7. The summed E-state index contributed by atoms with van der Waals surface area (Å²) < 4.78 is 12.4. The highest BCUT2D eigenvalue weighted by Gasteiger charge is 2.14. The zero-order valence-electron chi connectivity index (χ0n) is 16.3. The molecule has 1 aliphatic rings. The van der Waals surface area contributed by atoms with Crippen LogP contribution in [0.4, 0.5) is 11.5 Å². The molecule has 29 heavy (non-hydrogen) atoms. The lowest BCUT2D eigenvalue weighted by Crippen LogP contribution is -2.22. The van der Waals surface area contributed by atoms with Gasteiger partial charge in [0, 0.05) is 55.9 Å². The first kappa shape index (κ1) is 18.7. The first-order valence-electron chi connectivity index (χ1n) is 9.33. The number of amides is 1. The van der Waals surface area contributed by atoms with Crippen molar-refractivity contribution in [1.82, 2.24) is 19.5 Å². The molecule has 0 unspecified atom stereocenters. The molecule has 0 atom stereocenters. The van der Waals surface area contributed by atoms with Gasteiger partial charge in [-0.2, -0.15) is 4.98 Å². The zero-order chi connectivity index (χ0) is 20.2. The van der Waals surface area contributed by atoms with E-state index in [0.717, 1.165) is 11.5 Å². The van der Waals surface area contributed by atoms with Gasteiger partial charge in [-0.3, -0.25) is 9.36 Å². The molecule has 3 aromatic rings. The first-order chi connectivity index (χ1) is 14.1. The van der Waals surface area contributed by atoms with Gasteiger partial charge in [0.1, 0.15) is 12.1 Å². The third-order valence-electron chi connectivity index (χ3n) is 4.51. The normalized spacial score (nSPS) is 12.1. The van der Waals surface area contributed by atoms with Crippen LogP contribution < -0.4 is 19.7 Å². The molecule has 0 spiro atoms. The number of benzene rings is 1. The van der Waals surface area contributed by atoms with E-state index in [1.165, 1.54) is 0 Å². The second-order valence-corrected chi connectivity index (χ2v) is 6.78. The minimum absolute atomic E-state index is 0.0461.